The van der Waals surface area contributed by atoms with Crippen LogP contribution in [-0.4, -0.2) is 183 Å². The number of carbonyl (C=O) groups is 6. The van der Waals surface area contributed by atoms with Crippen LogP contribution in [0, 0.1) is 60.7 Å². The van der Waals surface area contributed by atoms with Crippen LogP contribution in [0.4, 0.5) is 0 Å². The minimum Gasteiger partial charge on any atom is -0.857 e. The summed E-state index contributed by atoms with van der Waals surface area (Å²) in [4.78, 5) is 66.8. The molecule has 24 heteroatoms. The Morgan fingerprint density at radius 1 is 0.551 bits per heavy atom. The molecule has 3 amide bonds. The van der Waals surface area contributed by atoms with Gasteiger partial charge in [-0.15, -0.1) is 19.3 Å². The first-order valence-electron chi connectivity index (χ1n) is 21.2. The topological polar surface area (TPSA) is 337 Å². The molecule has 6 unspecified atom stereocenters. The number of hydrogen-bond donors (Lipinski definition) is 8. The van der Waals surface area contributed by atoms with Gasteiger partial charge < -0.3 is 84.5 Å². The quantitative estimate of drug-likeness (QED) is 0.0369. The van der Waals surface area contributed by atoms with Crippen molar-refractivity contribution in [3.8, 4) is 37.0 Å². The standard InChI is InChI=1S/C15H23NO5.C14H23NO6.C11H17NO6.C3H4O.CH4O.CH3O.Na/c1-6-7-19-15-14(16-11(4)17)10(3)9(2)13(21-15)8-20-12(5)18;1-7-8(2)13(15-9(3)16)14(20-11(5)18)21-12(7)6-19-10(4)17;1-3-4-17-11-8(12-6(2)14)10(16)9(15)7(5-13)18-11;1-2-3-4;2*1-2;/h1,9-10,13-15H,7-8H2,2-5H3,(H,16,17);7-8,12-14H,6H2,1-5H3,(H,15,16);1,7-11,13,15-16H,4-5H2,2H3,(H,12,14);1,4H,3H2;2H,1H3;1H3;/q;;;;;-1;+1/t9-,10-,13?,14?,15+;7-,8-,12?,13?,14+;7?,8?,9-,10-,11-;;;;/m001..../s1. The van der Waals surface area contributed by atoms with Gasteiger partial charge in [0.05, 0.1) is 30.9 Å². The molecule has 0 aliphatic carbocycles. The summed E-state index contributed by atoms with van der Waals surface area (Å²) in [6, 6.07) is -1.68. The van der Waals surface area contributed by atoms with Crippen molar-refractivity contribution in [1.82, 2.24) is 16.0 Å². The molecule has 0 radical (unpaired) electrons. The molecule has 3 saturated heterocycles. The Kier molecular flexibility index (Phi) is 42.3. The Balaban J connectivity index is -0.000000424. The summed E-state index contributed by atoms with van der Waals surface area (Å²) in [7, 11) is 1.75. The summed E-state index contributed by atoms with van der Waals surface area (Å²) in [6.45, 7) is 15.5. The van der Waals surface area contributed by atoms with Crippen LogP contribution in [-0.2, 0) is 66.7 Å². The molecule has 3 fully saturated rings. The largest absolute Gasteiger partial charge is 1.00 e. The number of hydrogen-bond acceptors (Lipinski definition) is 20. The van der Waals surface area contributed by atoms with E-state index in [2.05, 4.69) is 34.2 Å². The molecule has 69 heavy (non-hydrogen) atoms. The van der Waals surface area contributed by atoms with Crippen molar-refractivity contribution in [2.75, 3.05) is 53.9 Å². The van der Waals surface area contributed by atoms with Gasteiger partial charge in [-0.3, -0.25) is 28.8 Å². The van der Waals surface area contributed by atoms with Gasteiger partial charge in [-0.1, -0.05) is 45.5 Å². The fourth-order valence-electron chi connectivity index (χ4n) is 6.52. The normalized spacial score (nSPS) is 29.3. The van der Waals surface area contributed by atoms with Crippen molar-refractivity contribution >= 4 is 35.6 Å². The number of rotatable bonds is 13. The van der Waals surface area contributed by atoms with Crippen LogP contribution in [0.3, 0.4) is 0 Å². The van der Waals surface area contributed by atoms with Crippen LogP contribution >= 0.6 is 0 Å². The van der Waals surface area contributed by atoms with E-state index in [4.69, 9.17) is 71.2 Å². The van der Waals surface area contributed by atoms with Crippen molar-refractivity contribution < 1.29 is 127 Å². The molecule has 23 nitrogen and oxygen atoms in total. The van der Waals surface area contributed by atoms with Crippen LogP contribution in [0.5, 0.6) is 0 Å². The number of esters is 3. The van der Waals surface area contributed by atoms with E-state index in [1.54, 1.807) is 0 Å². The maximum Gasteiger partial charge on any atom is 1.00 e. The molecule has 8 N–H and O–H groups in total. The third-order valence-corrected chi connectivity index (χ3v) is 10.1. The van der Waals surface area contributed by atoms with Crippen LogP contribution in [0.15, 0.2) is 0 Å². The number of carbonyl (C=O) groups excluding carboxylic acids is 6. The molecule has 0 aromatic rings. The van der Waals surface area contributed by atoms with E-state index in [-0.39, 0.29) is 116 Å². The average molecular weight is 1000 g/mol. The maximum absolute atomic E-state index is 11.3. The van der Waals surface area contributed by atoms with Crippen LogP contribution in [0.25, 0.3) is 0 Å². The molecule has 0 aromatic carbocycles. The number of terminal acetylenes is 3. The number of aliphatic hydroxyl groups excluding tert-OH is 5. The predicted molar refractivity (Wildman–Crippen MR) is 239 cm³/mol. The second kappa shape index (κ2) is 40.8. The summed E-state index contributed by atoms with van der Waals surface area (Å²) < 4.78 is 42.5. The zero-order valence-corrected chi connectivity index (χ0v) is 44.0. The van der Waals surface area contributed by atoms with Gasteiger partial charge in [0.25, 0.3) is 0 Å². The number of amides is 3. The molecule has 0 spiro atoms. The first kappa shape index (κ1) is 71.6. The van der Waals surface area contributed by atoms with E-state index in [1.807, 2.05) is 33.6 Å². The van der Waals surface area contributed by atoms with Gasteiger partial charge in [-0.2, -0.15) is 7.11 Å². The van der Waals surface area contributed by atoms with Gasteiger partial charge in [-0.05, 0) is 23.7 Å². The van der Waals surface area contributed by atoms with E-state index in [1.165, 1.54) is 41.5 Å². The zero-order chi connectivity index (χ0) is 53.3. The number of nitrogens with one attached hydrogen (secondary N) is 3. The molecule has 3 rings (SSSR count). The maximum atomic E-state index is 11.3. The second-order valence-electron chi connectivity index (χ2n) is 15.0. The zero-order valence-electron chi connectivity index (χ0n) is 42.0. The number of aliphatic hydroxyl groups is 5. The number of ether oxygens (including phenoxy) is 8. The molecule has 3 heterocycles. The monoisotopic (exact) mass is 999 g/mol. The first-order valence-corrected chi connectivity index (χ1v) is 21.2. The summed E-state index contributed by atoms with van der Waals surface area (Å²) in [5, 5.41) is 59.5. The van der Waals surface area contributed by atoms with Crippen LogP contribution in [0.2, 0.25) is 0 Å². The minimum absolute atomic E-state index is 0. The van der Waals surface area contributed by atoms with E-state index in [0.717, 1.165) is 14.2 Å². The third kappa shape index (κ3) is 28.5. The average Bonchev–Trinajstić information content (AvgIpc) is 3.29. The second-order valence-corrected chi connectivity index (χ2v) is 15.0. The van der Waals surface area contributed by atoms with Gasteiger partial charge in [-0.25, -0.2) is 0 Å². The predicted octanol–water partition coefficient (Wildman–Crippen LogP) is -5.90. The van der Waals surface area contributed by atoms with E-state index in [9.17, 15) is 39.0 Å². The molecular weight excluding hydrogens is 925 g/mol. The Bertz CT molecular complexity index is 1620. The fourth-order valence-corrected chi connectivity index (χ4v) is 6.52. The molecule has 0 saturated carbocycles. The minimum atomic E-state index is -1.32. The summed E-state index contributed by atoms with van der Waals surface area (Å²) in [6.07, 6.45) is 7.88. The van der Waals surface area contributed by atoms with Gasteiger partial charge in [0.1, 0.15) is 57.4 Å². The molecule has 15 atom stereocenters. The Hall–Kier alpha value is -3.94. The van der Waals surface area contributed by atoms with E-state index < -0.39 is 79.8 Å². The van der Waals surface area contributed by atoms with Crippen molar-refractivity contribution in [2.45, 2.75) is 137 Å². The summed E-state index contributed by atoms with van der Waals surface area (Å²) in [5.74, 6) is 4.74. The van der Waals surface area contributed by atoms with Gasteiger partial charge in [0.2, 0.25) is 24.0 Å². The van der Waals surface area contributed by atoms with Crippen LogP contribution < -0.4 is 50.6 Å². The van der Waals surface area contributed by atoms with Crippen molar-refractivity contribution in [3.05, 3.63) is 0 Å². The van der Waals surface area contributed by atoms with E-state index >= 15 is 0 Å². The van der Waals surface area contributed by atoms with Gasteiger partial charge in [0, 0.05) is 48.7 Å². The molecule has 3 aliphatic rings. The fraction of sp³-hybridized carbons (Fsp3) is 0.733. The van der Waals surface area contributed by atoms with Crippen molar-refractivity contribution in [2.24, 2.45) is 23.7 Å². The molecule has 3 aliphatic heterocycles. The SMILES string of the molecule is C#CCO.C#CCO[C@@H]1OC(CO)[C@@H](O)[C@H](O)C1NC(C)=O.C#CCO[C@@H]1OC(COC(C)=O)[C@@H](C)[C@H](C)C1NC(C)=O.CC(=O)NC1[C@H](OC(C)=O)OC(COC(C)=O)[C@@H](C)[C@@H]1C.CO.C[O-].[Na+]. The molecular formula is C45H74N3NaO20. The van der Waals surface area contributed by atoms with Crippen molar-refractivity contribution in [1.29, 1.82) is 0 Å². The third-order valence-electron chi connectivity index (χ3n) is 10.1. The van der Waals surface area contributed by atoms with Gasteiger partial charge in [0.15, 0.2) is 12.6 Å². The van der Waals surface area contributed by atoms with Gasteiger partial charge >= 0.3 is 47.5 Å². The molecule has 0 bridgehead atoms. The smallest absolute Gasteiger partial charge is 0.857 e. The Labute approximate surface area is 428 Å². The Morgan fingerprint density at radius 3 is 1.20 bits per heavy atom. The summed E-state index contributed by atoms with van der Waals surface area (Å²) >= 11 is 0. The van der Waals surface area contributed by atoms with Crippen molar-refractivity contribution in [3.63, 3.8) is 0 Å². The molecule has 390 valence electrons. The van der Waals surface area contributed by atoms with E-state index in [0.29, 0.717) is 0 Å². The molecule has 0 aromatic heterocycles. The first-order chi connectivity index (χ1) is 32.0. The Morgan fingerprint density at radius 2 is 0.884 bits per heavy atom. The summed E-state index contributed by atoms with van der Waals surface area (Å²) in [5.41, 5.74) is 0. The van der Waals surface area contributed by atoms with Crippen LogP contribution in [0.1, 0.15) is 69.2 Å².